The van der Waals surface area contributed by atoms with Crippen LogP contribution in [0.2, 0.25) is 0 Å². The minimum Gasteiger partial charge on any atom is -0.461 e. The third kappa shape index (κ3) is 5.02. The zero-order valence-electron chi connectivity index (χ0n) is 7.33. The van der Waals surface area contributed by atoms with Gasteiger partial charge < -0.3 is 4.74 Å². The van der Waals surface area contributed by atoms with E-state index in [0.29, 0.717) is 24.4 Å². The number of hydrogen-bond acceptors (Lipinski definition) is 1. The van der Waals surface area contributed by atoms with Gasteiger partial charge in [0.1, 0.15) is 20.5 Å². The van der Waals surface area contributed by atoms with E-state index in [1.807, 2.05) is 13.8 Å². The molecule has 0 N–H and O–H groups in total. The maximum Gasteiger partial charge on any atom is 0.145 e. The molecule has 0 aromatic carbocycles. The first-order valence-corrected chi connectivity index (χ1v) is 5.30. The van der Waals surface area contributed by atoms with Gasteiger partial charge in [0.15, 0.2) is 0 Å². The van der Waals surface area contributed by atoms with Gasteiger partial charge in [-0.3, -0.25) is 0 Å². The molecule has 0 unspecified atom stereocenters. The zero-order chi connectivity index (χ0) is 10.4. The van der Waals surface area contributed by atoms with Crippen molar-refractivity contribution in [2.24, 2.45) is 0 Å². The first-order valence-electron chi connectivity index (χ1n) is 3.79. The summed E-state index contributed by atoms with van der Waals surface area (Å²) in [4.78, 5) is 0. The Hall–Kier alpha value is 0.440. The normalized spacial score (nSPS) is 9.38. The molecule has 0 fully saturated rings. The number of ether oxygens (including phenoxy) is 1. The van der Waals surface area contributed by atoms with Gasteiger partial charge in [-0.2, -0.15) is 0 Å². The Morgan fingerprint density at radius 3 is 1.31 bits per heavy atom. The van der Waals surface area contributed by atoms with Gasteiger partial charge in [0, 0.05) is 12.8 Å². The second-order valence-corrected chi connectivity index (χ2v) is 4.08. The van der Waals surface area contributed by atoms with Crippen LogP contribution >= 0.6 is 46.4 Å². The van der Waals surface area contributed by atoms with Gasteiger partial charge >= 0.3 is 0 Å². The molecule has 0 aliphatic heterocycles. The summed E-state index contributed by atoms with van der Waals surface area (Å²) in [6.45, 7) is 3.74. The number of halogens is 4. The third-order valence-corrected chi connectivity index (χ3v) is 2.15. The topological polar surface area (TPSA) is 9.23 Å². The minimum atomic E-state index is 0.100. The lowest BCUT2D eigenvalue weighted by atomic mass is 10.4. The summed E-state index contributed by atoms with van der Waals surface area (Å²) in [5.74, 6) is 0.943. The molecule has 0 aromatic rings. The van der Waals surface area contributed by atoms with Gasteiger partial charge in [-0.1, -0.05) is 60.3 Å². The minimum absolute atomic E-state index is 0.100. The van der Waals surface area contributed by atoms with Crippen LogP contribution in [-0.2, 0) is 4.74 Å². The summed E-state index contributed by atoms with van der Waals surface area (Å²) in [6.07, 6.45) is 1.18. The lowest BCUT2D eigenvalue weighted by Crippen LogP contribution is -1.93. The van der Waals surface area contributed by atoms with Crippen molar-refractivity contribution >= 4 is 46.4 Å². The first kappa shape index (κ1) is 13.4. The highest BCUT2D eigenvalue weighted by molar-refractivity contribution is 6.56. The maximum atomic E-state index is 5.56. The van der Waals surface area contributed by atoms with Gasteiger partial charge in [-0.05, 0) is 0 Å². The van der Waals surface area contributed by atoms with E-state index >= 15 is 0 Å². The zero-order valence-corrected chi connectivity index (χ0v) is 10.4. The van der Waals surface area contributed by atoms with Crippen molar-refractivity contribution < 1.29 is 4.74 Å². The van der Waals surface area contributed by atoms with Gasteiger partial charge in [0.2, 0.25) is 0 Å². The van der Waals surface area contributed by atoms with Gasteiger partial charge in [0.25, 0.3) is 0 Å². The number of hydrogen-bond donors (Lipinski definition) is 0. The van der Waals surface area contributed by atoms with Crippen LogP contribution in [0.4, 0.5) is 0 Å². The molecule has 0 amide bonds. The Balaban J connectivity index is 4.59. The largest absolute Gasteiger partial charge is 0.461 e. The van der Waals surface area contributed by atoms with Crippen LogP contribution in [0.5, 0.6) is 0 Å². The van der Waals surface area contributed by atoms with Gasteiger partial charge in [0.05, 0.1) is 0 Å². The van der Waals surface area contributed by atoms with E-state index in [2.05, 4.69) is 0 Å². The van der Waals surface area contributed by atoms with E-state index in [0.717, 1.165) is 0 Å². The molecule has 13 heavy (non-hydrogen) atoms. The monoisotopic (exact) mass is 262 g/mol. The van der Waals surface area contributed by atoms with Crippen LogP contribution < -0.4 is 0 Å². The first-order chi connectivity index (χ1) is 6.02. The fourth-order valence-electron chi connectivity index (χ4n) is 0.637. The van der Waals surface area contributed by atoms with Crippen molar-refractivity contribution in [2.45, 2.75) is 26.7 Å². The van der Waals surface area contributed by atoms with Crippen LogP contribution in [0.15, 0.2) is 20.5 Å². The van der Waals surface area contributed by atoms with Crippen molar-refractivity contribution in [3.05, 3.63) is 20.5 Å². The van der Waals surface area contributed by atoms with E-state index in [1.54, 1.807) is 0 Å². The molecule has 0 rings (SSSR count). The Labute approximate surface area is 98.2 Å². The molecule has 76 valence electrons. The molecule has 0 bridgehead atoms. The molecular formula is C8H10Cl4O. The number of rotatable bonds is 4. The lowest BCUT2D eigenvalue weighted by molar-refractivity contribution is 0.283. The Kier molecular flexibility index (Phi) is 7.06. The molecule has 0 saturated heterocycles. The predicted molar refractivity (Wildman–Crippen MR) is 59.1 cm³/mol. The Morgan fingerprint density at radius 1 is 0.846 bits per heavy atom. The van der Waals surface area contributed by atoms with Crippen molar-refractivity contribution in [3.63, 3.8) is 0 Å². The second-order valence-electron chi connectivity index (χ2n) is 2.18. The van der Waals surface area contributed by atoms with Crippen molar-refractivity contribution in [1.29, 1.82) is 0 Å². The molecular weight excluding hydrogens is 254 g/mol. The molecule has 0 atom stereocenters. The summed E-state index contributed by atoms with van der Waals surface area (Å²) >= 11 is 22.2. The van der Waals surface area contributed by atoms with Crippen LogP contribution in [0.1, 0.15) is 26.7 Å². The van der Waals surface area contributed by atoms with E-state index in [9.17, 15) is 0 Å². The summed E-state index contributed by atoms with van der Waals surface area (Å²) < 4.78 is 5.50. The molecule has 0 saturated carbocycles. The van der Waals surface area contributed by atoms with Gasteiger partial charge in [-0.25, -0.2) is 0 Å². The highest BCUT2D eigenvalue weighted by Crippen LogP contribution is 2.26. The molecule has 0 aliphatic carbocycles. The van der Waals surface area contributed by atoms with Crippen LogP contribution in [0.25, 0.3) is 0 Å². The van der Waals surface area contributed by atoms with E-state index in [1.165, 1.54) is 0 Å². The van der Waals surface area contributed by atoms with Crippen molar-refractivity contribution in [1.82, 2.24) is 0 Å². The molecule has 0 heterocycles. The average Bonchev–Trinajstić information content (AvgIpc) is 2.05. The average molecular weight is 264 g/mol. The highest BCUT2D eigenvalue weighted by Gasteiger charge is 2.07. The lowest BCUT2D eigenvalue weighted by Gasteiger charge is -2.10. The SMILES string of the molecule is CCC(OC(CC)=C(Cl)Cl)=C(Cl)Cl. The second kappa shape index (κ2) is 6.83. The maximum absolute atomic E-state index is 5.56. The molecule has 0 radical (unpaired) electrons. The van der Waals surface area contributed by atoms with Crippen LogP contribution in [0.3, 0.4) is 0 Å². The fraction of sp³-hybridized carbons (Fsp3) is 0.500. The van der Waals surface area contributed by atoms with E-state index in [4.69, 9.17) is 51.1 Å². The molecule has 0 aromatic heterocycles. The predicted octanol–water partition coefficient (Wildman–Crippen LogP) is 5.12. The Morgan fingerprint density at radius 2 is 1.15 bits per heavy atom. The molecule has 0 spiro atoms. The van der Waals surface area contributed by atoms with E-state index < -0.39 is 0 Å². The van der Waals surface area contributed by atoms with Crippen molar-refractivity contribution in [2.75, 3.05) is 0 Å². The van der Waals surface area contributed by atoms with Crippen LogP contribution in [-0.4, -0.2) is 0 Å². The highest BCUT2D eigenvalue weighted by atomic mass is 35.5. The summed E-state index contributed by atoms with van der Waals surface area (Å²) in [5, 5.41) is 0. The number of allylic oxidation sites excluding steroid dienone is 2. The Bertz CT molecular complexity index is 200. The smallest absolute Gasteiger partial charge is 0.145 e. The fourth-order valence-corrected chi connectivity index (χ4v) is 1.33. The quantitative estimate of drug-likeness (QED) is 0.640. The van der Waals surface area contributed by atoms with Crippen LogP contribution in [0, 0.1) is 0 Å². The van der Waals surface area contributed by atoms with E-state index in [-0.39, 0.29) is 8.98 Å². The summed E-state index contributed by atoms with van der Waals surface area (Å²) in [6, 6.07) is 0. The third-order valence-electron chi connectivity index (χ3n) is 1.31. The molecule has 0 aliphatic rings. The summed E-state index contributed by atoms with van der Waals surface area (Å²) in [7, 11) is 0. The van der Waals surface area contributed by atoms with Crippen molar-refractivity contribution in [3.8, 4) is 0 Å². The molecule has 1 nitrogen and oxygen atoms in total. The molecule has 5 heteroatoms. The summed E-state index contributed by atoms with van der Waals surface area (Å²) in [5.41, 5.74) is 0. The van der Waals surface area contributed by atoms with Gasteiger partial charge in [-0.15, -0.1) is 0 Å². The standard InChI is InChI=1S/C8H10Cl4O/c1-3-5(7(9)10)13-6(4-2)8(11)12/h3-4H2,1-2H3.